The number of urea groups is 1. The molecule has 1 aromatic rings. The fraction of sp³-hybridized carbons (Fsp3) is 0.429. The van der Waals surface area contributed by atoms with E-state index in [1.54, 1.807) is 18.2 Å². The summed E-state index contributed by atoms with van der Waals surface area (Å²) in [6.07, 6.45) is 0. The quantitative estimate of drug-likeness (QED) is 0.699. The van der Waals surface area contributed by atoms with Crippen LogP contribution in [0.1, 0.15) is 22.8 Å². The zero-order valence-electron chi connectivity index (χ0n) is 11.8. The van der Waals surface area contributed by atoms with Crippen LogP contribution >= 0.6 is 0 Å². The monoisotopic (exact) mass is 279 g/mol. The van der Waals surface area contributed by atoms with Crippen molar-refractivity contribution in [2.75, 3.05) is 26.7 Å². The lowest BCUT2D eigenvalue weighted by molar-refractivity contribution is 0.0696. The van der Waals surface area contributed by atoms with Crippen molar-refractivity contribution < 1.29 is 14.7 Å². The molecule has 6 heteroatoms. The van der Waals surface area contributed by atoms with Crippen molar-refractivity contribution in [1.29, 1.82) is 0 Å². The van der Waals surface area contributed by atoms with Crippen LogP contribution in [-0.4, -0.2) is 48.7 Å². The second-order valence-corrected chi connectivity index (χ2v) is 4.51. The van der Waals surface area contributed by atoms with Crippen LogP contribution < -0.4 is 10.6 Å². The van der Waals surface area contributed by atoms with Gasteiger partial charge < -0.3 is 20.6 Å². The Morgan fingerprint density at radius 3 is 2.70 bits per heavy atom. The zero-order valence-corrected chi connectivity index (χ0v) is 11.8. The molecule has 0 aliphatic rings. The van der Waals surface area contributed by atoms with Gasteiger partial charge in [0.1, 0.15) is 0 Å². The number of benzene rings is 1. The predicted octanol–water partition coefficient (Wildman–Crippen LogP) is 1.14. The molecule has 0 atom stereocenters. The van der Waals surface area contributed by atoms with Gasteiger partial charge in [0.2, 0.25) is 0 Å². The number of hydrogen-bond donors (Lipinski definition) is 3. The third-order valence-electron chi connectivity index (χ3n) is 2.95. The molecule has 2 amide bonds. The number of carbonyl (C=O) groups is 2. The highest BCUT2D eigenvalue weighted by atomic mass is 16.4. The van der Waals surface area contributed by atoms with Crippen LogP contribution in [-0.2, 0) is 6.54 Å². The average Bonchev–Trinajstić information content (AvgIpc) is 2.45. The second-order valence-electron chi connectivity index (χ2n) is 4.51. The highest BCUT2D eigenvalue weighted by Gasteiger charge is 2.04. The fourth-order valence-electron chi connectivity index (χ4n) is 1.58. The van der Waals surface area contributed by atoms with Gasteiger partial charge in [-0.15, -0.1) is 0 Å². The fourth-order valence-corrected chi connectivity index (χ4v) is 1.58. The van der Waals surface area contributed by atoms with Crippen molar-refractivity contribution in [3.8, 4) is 0 Å². The molecule has 110 valence electrons. The summed E-state index contributed by atoms with van der Waals surface area (Å²) in [5.41, 5.74) is 0.972. The van der Waals surface area contributed by atoms with E-state index in [0.717, 1.165) is 18.7 Å². The van der Waals surface area contributed by atoms with Crippen molar-refractivity contribution in [2.45, 2.75) is 13.5 Å². The smallest absolute Gasteiger partial charge is 0.335 e. The van der Waals surface area contributed by atoms with Gasteiger partial charge in [0.15, 0.2) is 0 Å². The molecule has 0 spiro atoms. The summed E-state index contributed by atoms with van der Waals surface area (Å²) in [5.74, 6) is -0.973. The first kappa shape index (κ1) is 16.0. The first-order chi connectivity index (χ1) is 9.52. The van der Waals surface area contributed by atoms with Crippen LogP contribution in [0.2, 0.25) is 0 Å². The topological polar surface area (TPSA) is 81.7 Å². The lowest BCUT2D eigenvalue weighted by atomic mass is 10.1. The normalized spacial score (nSPS) is 10.3. The lowest BCUT2D eigenvalue weighted by Gasteiger charge is -2.14. The maximum absolute atomic E-state index is 11.5. The van der Waals surface area contributed by atoms with E-state index in [0.29, 0.717) is 13.1 Å². The van der Waals surface area contributed by atoms with E-state index in [9.17, 15) is 9.59 Å². The number of amides is 2. The average molecular weight is 279 g/mol. The molecular weight excluding hydrogens is 258 g/mol. The highest BCUT2D eigenvalue weighted by Crippen LogP contribution is 2.04. The Morgan fingerprint density at radius 1 is 1.30 bits per heavy atom. The van der Waals surface area contributed by atoms with Gasteiger partial charge in [0.05, 0.1) is 5.56 Å². The lowest BCUT2D eigenvalue weighted by Crippen LogP contribution is -2.39. The standard InChI is InChI=1S/C14H21N3O3/c1-3-17(2)8-7-15-14(20)16-10-11-5-4-6-12(9-11)13(18)19/h4-6,9H,3,7-8,10H2,1-2H3,(H,18,19)(H2,15,16,20). The molecule has 0 aromatic heterocycles. The van der Waals surface area contributed by atoms with E-state index in [4.69, 9.17) is 5.11 Å². The molecule has 0 fully saturated rings. The van der Waals surface area contributed by atoms with Crippen LogP contribution in [0, 0.1) is 0 Å². The number of carbonyl (C=O) groups excluding carboxylic acids is 1. The van der Waals surface area contributed by atoms with Crippen molar-refractivity contribution in [2.24, 2.45) is 0 Å². The van der Waals surface area contributed by atoms with Crippen molar-refractivity contribution in [3.05, 3.63) is 35.4 Å². The molecule has 1 aromatic carbocycles. The molecule has 0 aliphatic heterocycles. The van der Waals surface area contributed by atoms with Gasteiger partial charge in [-0.25, -0.2) is 9.59 Å². The van der Waals surface area contributed by atoms with Crippen LogP contribution in [0.3, 0.4) is 0 Å². The maximum Gasteiger partial charge on any atom is 0.335 e. The van der Waals surface area contributed by atoms with Crippen LogP contribution in [0.5, 0.6) is 0 Å². The minimum Gasteiger partial charge on any atom is -0.478 e. The Hall–Kier alpha value is -2.08. The molecular formula is C14H21N3O3. The van der Waals surface area contributed by atoms with Crippen molar-refractivity contribution >= 4 is 12.0 Å². The Morgan fingerprint density at radius 2 is 2.05 bits per heavy atom. The summed E-state index contributed by atoms with van der Waals surface area (Å²) >= 11 is 0. The van der Waals surface area contributed by atoms with Gasteiger partial charge in [-0.1, -0.05) is 19.1 Å². The second kappa shape index (κ2) is 8.16. The minimum absolute atomic E-state index is 0.217. The number of rotatable bonds is 7. The summed E-state index contributed by atoms with van der Waals surface area (Å²) in [4.78, 5) is 24.5. The van der Waals surface area contributed by atoms with E-state index in [-0.39, 0.29) is 11.6 Å². The van der Waals surface area contributed by atoms with Crippen molar-refractivity contribution in [3.63, 3.8) is 0 Å². The molecule has 0 saturated carbocycles. The first-order valence-electron chi connectivity index (χ1n) is 6.55. The van der Waals surface area contributed by atoms with Gasteiger partial charge in [-0.2, -0.15) is 0 Å². The van der Waals surface area contributed by atoms with Gasteiger partial charge in [0.25, 0.3) is 0 Å². The number of nitrogens with one attached hydrogen (secondary N) is 2. The third kappa shape index (κ3) is 5.71. The molecule has 0 unspecified atom stereocenters. The molecule has 0 aliphatic carbocycles. The molecule has 0 bridgehead atoms. The van der Waals surface area contributed by atoms with Crippen LogP contribution in [0.25, 0.3) is 0 Å². The first-order valence-corrected chi connectivity index (χ1v) is 6.55. The molecule has 1 rings (SSSR count). The maximum atomic E-state index is 11.5. The van der Waals surface area contributed by atoms with Crippen molar-refractivity contribution in [1.82, 2.24) is 15.5 Å². The van der Waals surface area contributed by atoms with Crippen LogP contribution in [0.15, 0.2) is 24.3 Å². The Labute approximate surface area is 118 Å². The molecule has 0 heterocycles. The van der Waals surface area contributed by atoms with E-state index in [2.05, 4.69) is 22.5 Å². The highest BCUT2D eigenvalue weighted by molar-refractivity contribution is 5.87. The molecule has 6 nitrogen and oxygen atoms in total. The molecule has 3 N–H and O–H groups in total. The zero-order chi connectivity index (χ0) is 15.0. The van der Waals surface area contributed by atoms with E-state index < -0.39 is 5.97 Å². The SMILES string of the molecule is CCN(C)CCNC(=O)NCc1cccc(C(=O)O)c1. The largest absolute Gasteiger partial charge is 0.478 e. The van der Waals surface area contributed by atoms with Gasteiger partial charge in [0, 0.05) is 19.6 Å². The van der Waals surface area contributed by atoms with E-state index >= 15 is 0 Å². The summed E-state index contributed by atoms with van der Waals surface area (Å²) in [5, 5.41) is 14.3. The number of nitrogens with zero attached hydrogens (tertiary/aromatic N) is 1. The van der Waals surface area contributed by atoms with E-state index in [1.165, 1.54) is 6.07 Å². The molecule has 0 saturated heterocycles. The Bertz CT molecular complexity index is 463. The minimum atomic E-state index is -0.973. The van der Waals surface area contributed by atoms with E-state index in [1.807, 2.05) is 7.05 Å². The molecule has 20 heavy (non-hydrogen) atoms. The number of carboxylic acids is 1. The Kier molecular flexibility index (Phi) is 6.52. The predicted molar refractivity (Wildman–Crippen MR) is 76.8 cm³/mol. The Balaban J connectivity index is 2.34. The summed E-state index contributed by atoms with van der Waals surface area (Å²) < 4.78 is 0. The third-order valence-corrected chi connectivity index (χ3v) is 2.95. The molecule has 0 radical (unpaired) electrons. The number of carboxylic acid groups (broad SMARTS) is 1. The van der Waals surface area contributed by atoms with Gasteiger partial charge in [-0.05, 0) is 31.3 Å². The summed E-state index contributed by atoms with van der Waals surface area (Å²) in [7, 11) is 1.98. The summed E-state index contributed by atoms with van der Waals surface area (Å²) in [6.45, 7) is 4.65. The van der Waals surface area contributed by atoms with Gasteiger partial charge >= 0.3 is 12.0 Å². The van der Waals surface area contributed by atoms with Gasteiger partial charge in [-0.3, -0.25) is 0 Å². The number of hydrogen-bond acceptors (Lipinski definition) is 3. The number of likely N-dealkylation sites (N-methyl/N-ethyl adjacent to an activating group) is 1. The summed E-state index contributed by atoms with van der Waals surface area (Å²) in [6, 6.07) is 6.25. The number of aromatic carboxylic acids is 1. The van der Waals surface area contributed by atoms with Crippen LogP contribution in [0.4, 0.5) is 4.79 Å².